The lowest BCUT2D eigenvalue weighted by Gasteiger charge is -2.16. The zero-order valence-corrected chi connectivity index (χ0v) is 14.1. The highest BCUT2D eigenvalue weighted by Crippen LogP contribution is 2.26. The average Bonchev–Trinajstić information content (AvgIpc) is 2.62. The highest BCUT2D eigenvalue weighted by molar-refractivity contribution is 5.63. The third-order valence-corrected chi connectivity index (χ3v) is 3.77. The van der Waals surface area contributed by atoms with E-state index >= 15 is 0 Å². The van der Waals surface area contributed by atoms with Gasteiger partial charge in [0, 0.05) is 30.4 Å². The van der Waals surface area contributed by atoms with Gasteiger partial charge in [-0.3, -0.25) is 0 Å². The predicted octanol–water partition coefficient (Wildman–Crippen LogP) is 4.67. The van der Waals surface area contributed by atoms with E-state index in [4.69, 9.17) is 16.6 Å². The molecule has 24 heavy (non-hydrogen) atoms. The molecule has 0 aromatic heterocycles. The van der Waals surface area contributed by atoms with Crippen molar-refractivity contribution in [2.24, 2.45) is 0 Å². The first-order chi connectivity index (χ1) is 11.6. The minimum absolute atomic E-state index is 0.0634. The minimum Gasteiger partial charge on any atom is -0.469 e. The summed E-state index contributed by atoms with van der Waals surface area (Å²) in [6.45, 7) is 12.0. The zero-order chi connectivity index (χ0) is 17.5. The van der Waals surface area contributed by atoms with Gasteiger partial charge in [0.2, 0.25) is 0 Å². The van der Waals surface area contributed by atoms with E-state index in [2.05, 4.69) is 35.8 Å². The number of nitriles is 1. The zero-order valence-electron chi connectivity index (χ0n) is 14.1. The molecule has 0 aliphatic carbocycles. The van der Waals surface area contributed by atoms with Crippen LogP contribution in [0.2, 0.25) is 0 Å². The Bertz CT molecular complexity index is 796. The van der Waals surface area contributed by atoms with Crippen molar-refractivity contribution >= 4 is 11.8 Å². The minimum atomic E-state index is 0.0634. The first-order valence-electron chi connectivity index (χ1n) is 7.65. The number of benzene rings is 1. The van der Waals surface area contributed by atoms with Crippen molar-refractivity contribution in [2.45, 2.75) is 13.8 Å². The second kappa shape index (κ2) is 7.85. The Morgan fingerprint density at radius 3 is 2.62 bits per heavy atom. The van der Waals surface area contributed by atoms with Crippen LogP contribution in [0, 0.1) is 17.9 Å². The van der Waals surface area contributed by atoms with Crippen LogP contribution in [-0.2, 0) is 4.74 Å². The molecule has 0 radical (unpaired) electrons. The van der Waals surface area contributed by atoms with Gasteiger partial charge in [-0.1, -0.05) is 24.3 Å². The Hall–Kier alpha value is -3.24. The van der Waals surface area contributed by atoms with E-state index in [1.54, 1.807) is 19.3 Å². The van der Waals surface area contributed by atoms with Gasteiger partial charge in [0.25, 0.3) is 5.70 Å². The third-order valence-electron chi connectivity index (χ3n) is 3.77. The maximum absolute atomic E-state index is 9.13. The summed E-state index contributed by atoms with van der Waals surface area (Å²) >= 11 is 0. The summed E-state index contributed by atoms with van der Waals surface area (Å²) in [5.41, 5.74) is 3.57. The molecule has 1 aliphatic rings. The molecule has 1 aromatic carbocycles. The molecule has 0 saturated carbocycles. The highest BCUT2D eigenvalue weighted by atomic mass is 16.5. The molecule has 0 atom stereocenters. The van der Waals surface area contributed by atoms with Crippen LogP contribution in [0.1, 0.15) is 19.4 Å². The molecule has 2 rings (SSSR count). The maximum atomic E-state index is 9.13. The van der Waals surface area contributed by atoms with Crippen LogP contribution in [0.25, 0.3) is 10.9 Å². The molecule has 0 amide bonds. The molecule has 4 nitrogen and oxygen atoms in total. The summed E-state index contributed by atoms with van der Waals surface area (Å²) in [4.78, 5) is 5.46. The standard InChI is InChI=1S/C20H19N3O/c1-5-23(4)18-10-7-16(8-11-18)6-9-17-14-24-15(2)12-19(17)20(13-21)22-3/h6-12,14H,5H2,1-2,4H3/b9-6+,20-19+. The van der Waals surface area contributed by atoms with Crippen molar-refractivity contribution in [3.05, 3.63) is 82.3 Å². The monoisotopic (exact) mass is 317 g/mol. The van der Waals surface area contributed by atoms with Crippen LogP contribution in [0.3, 0.4) is 0 Å². The van der Waals surface area contributed by atoms with Crippen molar-refractivity contribution in [2.75, 3.05) is 18.5 Å². The summed E-state index contributed by atoms with van der Waals surface area (Å²) < 4.78 is 5.41. The van der Waals surface area contributed by atoms with Crippen LogP contribution in [0.4, 0.5) is 5.69 Å². The Balaban J connectivity index is 2.26. The topological polar surface area (TPSA) is 40.6 Å². The Morgan fingerprint density at radius 2 is 2.04 bits per heavy atom. The summed E-state index contributed by atoms with van der Waals surface area (Å²) in [5.74, 6) is 0.658. The lowest BCUT2D eigenvalue weighted by atomic mass is 10.0. The molecule has 0 fully saturated rings. The number of nitrogens with zero attached hydrogens (tertiary/aromatic N) is 3. The van der Waals surface area contributed by atoms with Crippen LogP contribution in [0.15, 0.2) is 65.3 Å². The molecule has 1 aromatic rings. The lowest BCUT2D eigenvalue weighted by Crippen LogP contribution is -2.15. The normalized spacial score (nSPS) is 15.7. The van der Waals surface area contributed by atoms with Gasteiger partial charge in [0.05, 0.1) is 24.7 Å². The fraction of sp³-hybridized carbons (Fsp3) is 0.200. The van der Waals surface area contributed by atoms with Gasteiger partial charge in [-0.25, -0.2) is 10.1 Å². The van der Waals surface area contributed by atoms with Gasteiger partial charge >= 0.3 is 0 Å². The van der Waals surface area contributed by atoms with Crippen molar-refractivity contribution in [3.8, 4) is 6.07 Å². The molecule has 0 spiro atoms. The van der Waals surface area contributed by atoms with Crippen molar-refractivity contribution < 1.29 is 4.74 Å². The Labute approximate surface area is 143 Å². The fourth-order valence-electron chi connectivity index (χ4n) is 2.23. The molecule has 1 heterocycles. The number of allylic oxidation sites excluding steroid dienone is 6. The van der Waals surface area contributed by atoms with Crippen molar-refractivity contribution in [1.82, 2.24) is 0 Å². The molecular formula is C20H19N3O. The van der Waals surface area contributed by atoms with E-state index in [1.807, 2.05) is 30.4 Å². The molecule has 0 saturated heterocycles. The van der Waals surface area contributed by atoms with Crippen LogP contribution < -0.4 is 4.90 Å². The van der Waals surface area contributed by atoms with E-state index < -0.39 is 0 Å². The summed E-state index contributed by atoms with van der Waals surface area (Å²) in [6.07, 6.45) is 7.09. The Morgan fingerprint density at radius 1 is 1.33 bits per heavy atom. The molecule has 4 heteroatoms. The molecule has 1 aliphatic heterocycles. The van der Waals surface area contributed by atoms with E-state index in [1.165, 1.54) is 0 Å². The second-order valence-corrected chi connectivity index (χ2v) is 5.37. The van der Waals surface area contributed by atoms with E-state index in [0.29, 0.717) is 16.9 Å². The number of anilines is 1. The van der Waals surface area contributed by atoms with Gasteiger partial charge in [-0.2, -0.15) is 0 Å². The van der Waals surface area contributed by atoms with Crippen molar-refractivity contribution in [1.29, 1.82) is 5.26 Å². The Kier molecular flexibility index (Phi) is 5.60. The smallest absolute Gasteiger partial charge is 0.269 e. The third kappa shape index (κ3) is 3.94. The van der Waals surface area contributed by atoms with Gasteiger partial charge in [-0.05, 0) is 37.6 Å². The quantitative estimate of drug-likeness (QED) is 0.598. The van der Waals surface area contributed by atoms with Gasteiger partial charge in [0.15, 0.2) is 0 Å². The summed E-state index contributed by atoms with van der Waals surface area (Å²) in [6, 6.07) is 10.1. The molecule has 0 bridgehead atoms. The largest absolute Gasteiger partial charge is 0.469 e. The summed E-state index contributed by atoms with van der Waals surface area (Å²) in [5, 5.41) is 9.13. The highest BCUT2D eigenvalue weighted by Gasteiger charge is 2.13. The average molecular weight is 317 g/mol. The molecule has 0 unspecified atom stereocenters. The first-order valence-corrected chi connectivity index (χ1v) is 7.65. The van der Waals surface area contributed by atoms with Gasteiger partial charge < -0.3 is 9.64 Å². The summed E-state index contributed by atoms with van der Waals surface area (Å²) in [7, 11) is 2.05. The van der Waals surface area contributed by atoms with Crippen LogP contribution in [0.5, 0.6) is 0 Å². The van der Waals surface area contributed by atoms with E-state index in [0.717, 1.165) is 17.8 Å². The van der Waals surface area contributed by atoms with E-state index in [9.17, 15) is 0 Å². The molecule has 120 valence electrons. The molecule has 0 N–H and O–H groups in total. The van der Waals surface area contributed by atoms with Crippen LogP contribution in [-0.4, -0.2) is 13.6 Å². The SMILES string of the molecule is [C-]#[N+]/C(C#N)=C1\C=C(C)OC=C1/C=C/c1ccc(N(C)CC)cc1. The first kappa shape index (κ1) is 17.1. The van der Waals surface area contributed by atoms with Gasteiger partial charge in [0.1, 0.15) is 0 Å². The molecular weight excluding hydrogens is 298 g/mol. The second-order valence-electron chi connectivity index (χ2n) is 5.37. The lowest BCUT2D eigenvalue weighted by molar-refractivity contribution is 0.346. The number of hydrogen-bond donors (Lipinski definition) is 0. The number of ether oxygens (including phenoxy) is 1. The van der Waals surface area contributed by atoms with Crippen LogP contribution >= 0.6 is 0 Å². The predicted molar refractivity (Wildman–Crippen MR) is 96.6 cm³/mol. The van der Waals surface area contributed by atoms with Gasteiger partial charge in [-0.15, -0.1) is 0 Å². The maximum Gasteiger partial charge on any atom is 0.269 e. The van der Waals surface area contributed by atoms with Crippen molar-refractivity contribution in [3.63, 3.8) is 0 Å². The number of rotatable bonds is 4. The fourth-order valence-corrected chi connectivity index (χ4v) is 2.23. The van der Waals surface area contributed by atoms with E-state index in [-0.39, 0.29) is 5.70 Å². The number of hydrogen-bond acceptors (Lipinski definition) is 3.